The average Bonchev–Trinajstić information content (AvgIpc) is 2.91. The number of hydrogen-bond donors (Lipinski definition) is 2. The number of piperidine rings is 1. The Morgan fingerprint density at radius 2 is 1.41 bits per heavy atom. The molecule has 11 heteroatoms. The van der Waals surface area contributed by atoms with Gasteiger partial charge < -0.3 is 10.2 Å². The predicted molar refractivity (Wildman–Crippen MR) is 137 cm³/mol. The van der Waals surface area contributed by atoms with Crippen LogP contribution in [0.3, 0.4) is 0 Å². The number of carbonyl (C=O) groups is 3. The minimum absolute atomic E-state index is 0.222. The van der Waals surface area contributed by atoms with Crippen LogP contribution in [0.25, 0.3) is 0 Å². The summed E-state index contributed by atoms with van der Waals surface area (Å²) in [7, 11) is 0. The minimum atomic E-state index is -5.01. The molecule has 4 rings (SSSR count). The monoisotopic (exact) mass is 543 g/mol. The van der Waals surface area contributed by atoms with Crippen LogP contribution in [0.1, 0.15) is 29.8 Å². The van der Waals surface area contributed by atoms with Gasteiger partial charge in [-0.25, -0.2) is 9.59 Å². The molecule has 1 aliphatic rings. The number of carboxylic acid groups (broad SMARTS) is 2. The summed E-state index contributed by atoms with van der Waals surface area (Å²) >= 11 is 0. The summed E-state index contributed by atoms with van der Waals surface area (Å²) in [6.45, 7) is 3.59. The topological polar surface area (TPSA) is 111 Å². The first-order valence-electron chi connectivity index (χ1n) is 12.1. The van der Waals surface area contributed by atoms with E-state index in [0.29, 0.717) is 43.9 Å². The zero-order valence-electron chi connectivity index (χ0n) is 21.1. The summed E-state index contributed by atoms with van der Waals surface area (Å²) in [5.74, 6) is -5.52. The van der Waals surface area contributed by atoms with E-state index in [1.807, 2.05) is 30.3 Å². The Bertz CT molecular complexity index is 1270. The number of carbonyl (C=O) groups excluding carboxylic acids is 1. The molecule has 1 amide bonds. The molecule has 39 heavy (non-hydrogen) atoms. The van der Waals surface area contributed by atoms with Gasteiger partial charge in [-0.3, -0.25) is 19.6 Å². The molecular formula is C28H28F3N3O5. The normalized spacial score (nSPS) is 15.0. The first kappa shape index (κ1) is 29.3. The lowest BCUT2D eigenvalue weighted by molar-refractivity contribution is -0.172. The number of rotatable bonds is 5. The van der Waals surface area contributed by atoms with Crippen LogP contribution in [-0.2, 0) is 26.5 Å². The first-order valence-corrected chi connectivity index (χ1v) is 12.1. The molecule has 0 unspecified atom stereocenters. The quantitative estimate of drug-likeness (QED) is 0.452. The fraction of sp³-hybridized carbons (Fsp3) is 0.286. The first-order chi connectivity index (χ1) is 18.4. The smallest absolute Gasteiger partial charge is 0.471 e. The number of amides is 1. The number of carboxylic acids is 2. The van der Waals surface area contributed by atoms with Gasteiger partial charge in [0.05, 0.1) is 11.2 Å². The van der Waals surface area contributed by atoms with Crippen molar-refractivity contribution in [3.05, 3.63) is 95.8 Å². The van der Waals surface area contributed by atoms with Crippen LogP contribution < -0.4 is 4.90 Å². The second-order valence-electron chi connectivity index (χ2n) is 9.04. The maximum atomic E-state index is 13.8. The average molecular weight is 544 g/mol. The number of alkyl halides is 3. The van der Waals surface area contributed by atoms with Gasteiger partial charge in [0.1, 0.15) is 0 Å². The van der Waals surface area contributed by atoms with Gasteiger partial charge in [0.15, 0.2) is 0 Å². The summed E-state index contributed by atoms with van der Waals surface area (Å²) in [6, 6.07) is 23.4. The molecule has 2 heterocycles. The van der Waals surface area contributed by atoms with Gasteiger partial charge >= 0.3 is 24.0 Å². The van der Waals surface area contributed by atoms with Crippen molar-refractivity contribution >= 4 is 23.5 Å². The summed E-state index contributed by atoms with van der Waals surface area (Å²) in [4.78, 5) is 38.8. The van der Waals surface area contributed by atoms with Crippen LogP contribution in [-0.4, -0.2) is 57.2 Å². The Morgan fingerprint density at radius 1 is 0.872 bits per heavy atom. The Kier molecular flexibility index (Phi) is 9.42. The van der Waals surface area contributed by atoms with E-state index in [4.69, 9.17) is 19.8 Å². The summed E-state index contributed by atoms with van der Waals surface area (Å²) in [6.07, 6.45) is -4.33. The van der Waals surface area contributed by atoms with Crippen LogP contribution in [0, 0.1) is 6.92 Å². The summed E-state index contributed by atoms with van der Waals surface area (Å²) in [5.41, 5.74) is 1.35. The molecule has 0 saturated carbocycles. The van der Waals surface area contributed by atoms with Crippen molar-refractivity contribution in [3.63, 3.8) is 0 Å². The lowest BCUT2D eigenvalue weighted by atomic mass is 9.81. The number of halogens is 3. The van der Waals surface area contributed by atoms with Gasteiger partial charge in [-0.15, -0.1) is 0 Å². The molecule has 0 spiro atoms. The molecule has 8 nitrogen and oxygen atoms in total. The standard InChI is InChI=1S/C26H26F3N3O.C2H2O4/c1-20-9-8-14-23(30-20)25(15-17-31(18-16-25)19-21-10-4-2-5-11-21)32(24(33)26(27,28)29)22-12-6-3-7-13-22;3-1(4)2(5)6/h2-14H,15-19H2,1H3;(H,3,4)(H,5,6). The minimum Gasteiger partial charge on any atom is -0.473 e. The molecule has 1 aliphatic heterocycles. The molecule has 0 atom stereocenters. The fourth-order valence-electron chi connectivity index (χ4n) is 4.58. The maximum absolute atomic E-state index is 13.8. The van der Waals surface area contributed by atoms with E-state index in [0.717, 1.165) is 10.5 Å². The molecule has 206 valence electrons. The maximum Gasteiger partial charge on any atom is 0.471 e. The Balaban J connectivity index is 0.000000631. The highest BCUT2D eigenvalue weighted by Crippen LogP contribution is 2.43. The highest BCUT2D eigenvalue weighted by atomic mass is 19.4. The van der Waals surface area contributed by atoms with Crippen LogP contribution in [0.4, 0.5) is 18.9 Å². The second kappa shape index (κ2) is 12.5. The zero-order valence-corrected chi connectivity index (χ0v) is 21.1. The number of nitrogens with zero attached hydrogens (tertiary/aromatic N) is 3. The van der Waals surface area contributed by atoms with Gasteiger partial charge in [-0.05, 0) is 49.6 Å². The molecular weight excluding hydrogens is 515 g/mol. The SMILES string of the molecule is Cc1cccc(C2(N(C(=O)C(F)(F)F)c3ccccc3)CCN(Cc3ccccc3)CC2)n1.O=C(O)C(=O)O. The number of para-hydroxylation sites is 1. The number of likely N-dealkylation sites (tertiary alicyclic amines) is 1. The van der Waals surface area contributed by atoms with Crippen molar-refractivity contribution in [3.8, 4) is 0 Å². The van der Waals surface area contributed by atoms with E-state index in [1.54, 1.807) is 55.5 Å². The number of pyridine rings is 1. The molecule has 1 fully saturated rings. The number of aliphatic carboxylic acids is 2. The van der Waals surface area contributed by atoms with E-state index in [9.17, 15) is 18.0 Å². The molecule has 0 aliphatic carbocycles. The van der Waals surface area contributed by atoms with Crippen molar-refractivity contribution in [1.82, 2.24) is 9.88 Å². The number of hydrogen-bond acceptors (Lipinski definition) is 5. The molecule has 0 bridgehead atoms. The lowest BCUT2D eigenvalue weighted by Crippen LogP contribution is -2.59. The molecule has 2 aromatic carbocycles. The van der Waals surface area contributed by atoms with Crippen molar-refractivity contribution in [2.45, 2.75) is 38.0 Å². The van der Waals surface area contributed by atoms with E-state index in [-0.39, 0.29) is 5.69 Å². The molecule has 0 radical (unpaired) electrons. The van der Waals surface area contributed by atoms with Crippen LogP contribution >= 0.6 is 0 Å². The van der Waals surface area contributed by atoms with Crippen molar-refractivity contribution < 1.29 is 37.8 Å². The third kappa shape index (κ3) is 7.41. The third-order valence-corrected chi connectivity index (χ3v) is 6.37. The van der Waals surface area contributed by atoms with E-state index < -0.39 is 29.6 Å². The Hall–Kier alpha value is -4.25. The van der Waals surface area contributed by atoms with Crippen LogP contribution in [0.5, 0.6) is 0 Å². The number of benzene rings is 2. The van der Waals surface area contributed by atoms with Gasteiger partial charge in [0.2, 0.25) is 0 Å². The van der Waals surface area contributed by atoms with Crippen molar-refractivity contribution in [2.24, 2.45) is 0 Å². The number of aryl methyl sites for hydroxylation is 1. The van der Waals surface area contributed by atoms with Gasteiger partial charge in [0, 0.05) is 31.0 Å². The fourth-order valence-corrected chi connectivity index (χ4v) is 4.58. The van der Waals surface area contributed by atoms with E-state index in [2.05, 4.69) is 9.88 Å². The van der Waals surface area contributed by atoms with Crippen molar-refractivity contribution in [2.75, 3.05) is 18.0 Å². The largest absolute Gasteiger partial charge is 0.473 e. The van der Waals surface area contributed by atoms with E-state index >= 15 is 0 Å². The molecule has 2 N–H and O–H groups in total. The third-order valence-electron chi connectivity index (χ3n) is 6.37. The predicted octanol–water partition coefficient (Wildman–Crippen LogP) is 4.63. The van der Waals surface area contributed by atoms with E-state index in [1.165, 1.54) is 0 Å². The van der Waals surface area contributed by atoms with Crippen LogP contribution in [0.2, 0.25) is 0 Å². The highest BCUT2D eigenvalue weighted by molar-refractivity contribution is 6.27. The zero-order chi connectivity index (χ0) is 28.6. The van der Waals surface area contributed by atoms with Crippen LogP contribution in [0.15, 0.2) is 78.9 Å². The van der Waals surface area contributed by atoms with Gasteiger partial charge in [0.25, 0.3) is 0 Å². The van der Waals surface area contributed by atoms with Gasteiger partial charge in [-0.2, -0.15) is 13.2 Å². The number of anilines is 1. The van der Waals surface area contributed by atoms with Crippen molar-refractivity contribution in [1.29, 1.82) is 0 Å². The lowest BCUT2D eigenvalue weighted by Gasteiger charge is -2.48. The second-order valence-corrected chi connectivity index (χ2v) is 9.04. The molecule has 1 saturated heterocycles. The summed E-state index contributed by atoms with van der Waals surface area (Å²) in [5, 5.41) is 14.8. The highest BCUT2D eigenvalue weighted by Gasteiger charge is 2.53. The Labute approximate surface area is 223 Å². The summed E-state index contributed by atoms with van der Waals surface area (Å²) < 4.78 is 41.5. The molecule has 3 aromatic rings. The van der Waals surface area contributed by atoms with Gasteiger partial charge in [-0.1, -0.05) is 54.6 Å². The Morgan fingerprint density at radius 3 is 1.90 bits per heavy atom. The number of aromatic nitrogens is 1. The molecule has 1 aromatic heterocycles.